The van der Waals surface area contributed by atoms with E-state index in [4.69, 9.17) is 23.7 Å². The minimum Gasteiger partial charge on any atom is -0.457 e. The second-order valence-electron chi connectivity index (χ2n) is 8.80. The second kappa shape index (κ2) is 12.3. The molecule has 2 saturated heterocycles. The molecule has 6 atom stereocenters. The number of amides is 1. The normalized spacial score (nSPS) is 28.1. The molecule has 188 valence electrons. The molecule has 2 aliphatic heterocycles. The number of carbonyl (C=O) groups excluding carboxylic acids is 2. The Bertz CT molecular complexity index is 955. The van der Waals surface area contributed by atoms with Crippen molar-refractivity contribution in [2.75, 3.05) is 6.61 Å². The Labute approximate surface area is 205 Å². The van der Waals surface area contributed by atoms with Gasteiger partial charge in [-0.1, -0.05) is 74.0 Å². The molecule has 0 unspecified atom stereocenters. The van der Waals surface area contributed by atoms with Crippen LogP contribution >= 0.6 is 0 Å². The molecule has 0 aliphatic carbocycles. The lowest BCUT2D eigenvalue weighted by Crippen LogP contribution is -2.67. The summed E-state index contributed by atoms with van der Waals surface area (Å²) in [5, 5.41) is 2.88. The molecule has 0 radical (unpaired) electrons. The highest BCUT2D eigenvalue weighted by molar-refractivity contribution is 5.73. The van der Waals surface area contributed by atoms with Crippen molar-refractivity contribution in [3.05, 3.63) is 71.8 Å². The van der Waals surface area contributed by atoms with Gasteiger partial charge in [0.1, 0.15) is 18.2 Å². The van der Waals surface area contributed by atoms with Crippen LogP contribution in [0, 0.1) is 0 Å². The average Bonchev–Trinajstić information content (AvgIpc) is 2.88. The van der Waals surface area contributed by atoms with Crippen molar-refractivity contribution in [1.82, 2.24) is 5.32 Å². The van der Waals surface area contributed by atoms with Gasteiger partial charge in [0.2, 0.25) is 5.91 Å². The molecular weight excluding hydrogens is 450 g/mol. The van der Waals surface area contributed by atoms with E-state index in [0.717, 1.165) is 17.5 Å². The van der Waals surface area contributed by atoms with E-state index in [1.54, 1.807) is 0 Å². The van der Waals surface area contributed by atoms with Gasteiger partial charge in [0.25, 0.3) is 0 Å². The monoisotopic (exact) mass is 483 g/mol. The summed E-state index contributed by atoms with van der Waals surface area (Å²) in [7, 11) is 0. The van der Waals surface area contributed by atoms with E-state index in [-0.39, 0.29) is 31.5 Å². The Hall–Kier alpha value is -2.78. The molecule has 2 aliphatic rings. The molecular formula is C27H33NO7. The summed E-state index contributed by atoms with van der Waals surface area (Å²) >= 11 is 0. The van der Waals surface area contributed by atoms with E-state index >= 15 is 0 Å². The zero-order valence-electron chi connectivity index (χ0n) is 20.1. The largest absolute Gasteiger partial charge is 0.457 e. The molecule has 0 saturated carbocycles. The highest BCUT2D eigenvalue weighted by Crippen LogP contribution is 2.36. The first-order valence-corrected chi connectivity index (χ1v) is 12.1. The van der Waals surface area contributed by atoms with Gasteiger partial charge in [0, 0.05) is 18.9 Å². The van der Waals surface area contributed by atoms with Crippen LogP contribution < -0.4 is 5.32 Å². The molecule has 2 fully saturated rings. The number of benzene rings is 2. The summed E-state index contributed by atoms with van der Waals surface area (Å²) in [4.78, 5) is 24.9. The van der Waals surface area contributed by atoms with Crippen LogP contribution in [0.5, 0.6) is 0 Å². The first-order chi connectivity index (χ1) is 17.0. The van der Waals surface area contributed by atoms with Gasteiger partial charge in [0.15, 0.2) is 18.7 Å². The lowest BCUT2D eigenvalue weighted by molar-refractivity contribution is -0.346. The quantitative estimate of drug-likeness (QED) is 0.544. The summed E-state index contributed by atoms with van der Waals surface area (Å²) in [6.07, 6.45) is -1.62. The number of hydrogen-bond donors (Lipinski definition) is 1. The van der Waals surface area contributed by atoms with Crippen molar-refractivity contribution in [3.8, 4) is 0 Å². The maximum atomic E-state index is 12.7. The first kappa shape index (κ1) is 25.3. The number of nitrogens with one attached hydrogen (secondary N) is 1. The van der Waals surface area contributed by atoms with Gasteiger partial charge < -0.3 is 29.0 Å². The van der Waals surface area contributed by atoms with Crippen molar-refractivity contribution in [2.45, 2.75) is 76.7 Å². The zero-order chi connectivity index (χ0) is 24.6. The first-order valence-electron chi connectivity index (χ1n) is 12.1. The smallest absolute Gasteiger partial charge is 0.306 e. The predicted molar refractivity (Wildman–Crippen MR) is 127 cm³/mol. The fraction of sp³-hybridized carbons (Fsp3) is 0.481. The van der Waals surface area contributed by atoms with Crippen LogP contribution in [0.4, 0.5) is 0 Å². The average molecular weight is 484 g/mol. The van der Waals surface area contributed by atoms with Crippen LogP contribution in [0.3, 0.4) is 0 Å². The highest BCUT2D eigenvalue weighted by Gasteiger charge is 2.52. The van der Waals surface area contributed by atoms with E-state index in [1.165, 1.54) is 6.92 Å². The molecule has 4 rings (SSSR count). The van der Waals surface area contributed by atoms with Crippen LogP contribution in [-0.2, 0) is 39.9 Å². The van der Waals surface area contributed by atoms with Gasteiger partial charge in [-0.2, -0.15) is 0 Å². The maximum Gasteiger partial charge on any atom is 0.306 e. The molecule has 1 N–H and O–H groups in total. The fourth-order valence-electron chi connectivity index (χ4n) is 4.31. The summed E-state index contributed by atoms with van der Waals surface area (Å²) in [6.45, 7) is 3.92. The summed E-state index contributed by atoms with van der Waals surface area (Å²) in [5.74, 6) is -0.632. The third-order valence-electron chi connectivity index (χ3n) is 6.04. The molecule has 0 bridgehead atoms. The second-order valence-corrected chi connectivity index (χ2v) is 8.80. The minimum atomic E-state index is -0.857. The van der Waals surface area contributed by atoms with Crippen molar-refractivity contribution >= 4 is 11.9 Å². The zero-order valence-corrected chi connectivity index (χ0v) is 20.1. The Balaban J connectivity index is 1.57. The number of carbonyl (C=O) groups is 2. The number of esters is 1. The SMILES string of the molecule is CCCCC(=O)O[C@H]1[C@H](NC(C)=O)[C@H](OCc2ccccc2)O[C@H]2CO[C@H](c3ccccc3)O[C@@H]12. The van der Waals surface area contributed by atoms with Gasteiger partial charge in [-0.05, 0) is 12.0 Å². The topological polar surface area (TPSA) is 92.3 Å². The van der Waals surface area contributed by atoms with Gasteiger partial charge in [0.05, 0.1) is 13.2 Å². The number of unbranched alkanes of at least 4 members (excludes halogenated alkanes) is 1. The molecule has 0 spiro atoms. The molecule has 2 aromatic carbocycles. The van der Waals surface area contributed by atoms with Crippen LogP contribution in [0.25, 0.3) is 0 Å². The van der Waals surface area contributed by atoms with Crippen molar-refractivity contribution < 1.29 is 33.3 Å². The summed E-state index contributed by atoms with van der Waals surface area (Å²) in [5.41, 5.74) is 1.80. The Morgan fingerprint density at radius 3 is 2.43 bits per heavy atom. The molecule has 2 heterocycles. The van der Waals surface area contributed by atoms with E-state index in [0.29, 0.717) is 6.42 Å². The lowest BCUT2D eigenvalue weighted by atomic mass is 9.95. The maximum absolute atomic E-state index is 12.7. The molecule has 8 heteroatoms. The number of fused-ring (bicyclic) bond motifs is 1. The molecule has 0 aromatic heterocycles. The summed E-state index contributed by atoms with van der Waals surface area (Å²) < 4.78 is 30.5. The van der Waals surface area contributed by atoms with Crippen LogP contribution in [-0.4, -0.2) is 49.1 Å². The van der Waals surface area contributed by atoms with E-state index < -0.39 is 36.9 Å². The van der Waals surface area contributed by atoms with Crippen molar-refractivity contribution in [2.24, 2.45) is 0 Å². The van der Waals surface area contributed by atoms with E-state index in [1.807, 2.05) is 67.6 Å². The van der Waals surface area contributed by atoms with Crippen molar-refractivity contribution in [3.63, 3.8) is 0 Å². The van der Waals surface area contributed by atoms with Gasteiger partial charge in [-0.15, -0.1) is 0 Å². The minimum absolute atomic E-state index is 0.227. The third kappa shape index (κ3) is 6.67. The molecule has 1 amide bonds. The van der Waals surface area contributed by atoms with Crippen LogP contribution in [0.1, 0.15) is 50.5 Å². The number of hydrogen-bond acceptors (Lipinski definition) is 7. The third-order valence-corrected chi connectivity index (χ3v) is 6.04. The van der Waals surface area contributed by atoms with Gasteiger partial charge in [-0.3, -0.25) is 9.59 Å². The van der Waals surface area contributed by atoms with Crippen LogP contribution in [0.2, 0.25) is 0 Å². The standard InChI is InChI=1S/C27H33NO7/c1-3-4-15-22(30)34-25-23(28-18(2)29)27(31-16-19-11-7-5-8-12-19)33-21-17-32-26(35-24(21)25)20-13-9-6-10-14-20/h5-14,21,23-27H,3-4,15-17H2,1-2H3,(H,28,29)/t21-,23-,24+,25-,26-,27+/m0/s1. The van der Waals surface area contributed by atoms with Gasteiger partial charge >= 0.3 is 5.97 Å². The summed E-state index contributed by atoms with van der Waals surface area (Å²) in [6, 6.07) is 18.5. The highest BCUT2D eigenvalue weighted by atomic mass is 16.8. The Kier molecular flexibility index (Phi) is 8.87. The fourth-order valence-corrected chi connectivity index (χ4v) is 4.31. The lowest BCUT2D eigenvalue weighted by Gasteiger charge is -2.48. The van der Waals surface area contributed by atoms with Crippen molar-refractivity contribution in [1.29, 1.82) is 0 Å². The molecule has 35 heavy (non-hydrogen) atoms. The van der Waals surface area contributed by atoms with E-state index in [9.17, 15) is 9.59 Å². The number of rotatable bonds is 9. The molecule has 2 aromatic rings. The number of ether oxygens (including phenoxy) is 5. The molecule has 8 nitrogen and oxygen atoms in total. The van der Waals surface area contributed by atoms with Crippen LogP contribution in [0.15, 0.2) is 60.7 Å². The van der Waals surface area contributed by atoms with E-state index in [2.05, 4.69) is 5.32 Å². The Morgan fingerprint density at radius 1 is 1.03 bits per heavy atom. The predicted octanol–water partition coefficient (Wildman–Crippen LogP) is 3.65. The Morgan fingerprint density at radius 2 is 1.74 bits per heavy atom. The van der Waals surface area contributed by atoms with Gasteiger partial charge in [-0.25, -0.2) is 0 Å².